The molecule has 0 amide bonds. The molecule has 1 atom stereocenters. The van der Waals surface area contributed by atoms with E-state index in [1.165, 1.54) is 12.1 Å². The second-order valence-corrected chi connectivity index (χ2v) is 7.33. The molecule has 152 valence electrons. The first kappa shape index (κ1) is 19.0. The molecule has 1 heterocycles. The van der Waals surface area contributed by atoms with Crippen LogP contribution in [0.3, 0.4) is 0 Å². The minimum atomic E-state index is -0.938. The average molecular weight is 409 g/mol. The molecule has 0 unspecified atom stereocenters. The van der Waals surface area contributed by atoms with E-state index in [0.717, 1.165) is 16.7 Å². The summed E-state index contributed by atoms with van der Waals surface area (Å²) in [6, 6.07) is 34.1. The molecule has 1 aliphatic heterocycles. The second-order valence-electron chi connectivity index (χ2n) is 7.33. The molecule has 0 spiro atoms. The first-order chi connectivity index (χ1) is 15.2. The van der Waals surface area contributed by atoms with Gasteiger partial charge in [0, 0.05) is 23.3 Å². The molecule has 0 bridgehead atoms. The molecule has 5 rings (SSSR count). The highest BCUT2D eigenvalue weighted by Crippen LogP contribution is 2.51. The lowest BCUT2D eigenvalue weighted by molar-refractivity contribution is -0.385. The Morgan fingerprint density at radius 1 is 0.742 bits per heavy atom. The zero-order valence-corrected chi connectivity index (χ0v) is 16.5. The molecular weight excluding hydrogens is 390 g/mol. The summed E-state index contributed by atoms with van der Waals surface area (Å²) in [5.74, 6) is 0.679. The molecule has 0 aliphatic carbocycles. The predicted octanol–water partition coefficient (Wildman–Crippen LogP) is 5.99. The zero-order valence-electron chi connectivity index (χ0n) is 16.5. The van der Waals surface area contributed by atoms with Crippen molar-refractivity contribution in [1.29, 1.82) is 0 Å². The maximum atomic E-state index is 11.3. The van der Waals surface area contributed by atoms with E-state index in [1.54, 1.807) is 12.1 Å². The van der Waals surface area contributed by atoms with Gasteiger partial charge in [-0.1, -0.05) is 91.0 Å². The second kappa shape index (κ2) is 7.70. The summed E-state index contributed by atoms with van der Waals surface area (Å²) in [5.41, 5.74) is 2.43. The minimum absolute atomic E-state index is 0.00594. The maximum absolute atomic E-state index is 11.3. The fraction of sp³-hybridized carbons (Fsp3) is 0.0769. The van der Waals surface area contributed by atoms with Crippen LogP contribution in [0, 0.1) is 10.1 Å². The average Bonchev–Trinajstić information content (AvgIpc) is 2.84. The van der Waals surface area contributed by atoms with Crippen molar-refractivity contribution in [2.24, 2.45) is 0 Å². The fourth-order valence-electron chi connectivity index (χ4n) is 4.10. The van der Waals surface area contributed by atoms with Crippen molar-refractivity contribution in [3.05, 3.63) is 142 Å². The molecule has 31 heavy (non-hydrogen) atoms. The van der Waals surface area contributed by atoms with Crippen molar-refractivity contribution in [1.82, 2.24) is 0 Å². The summed E-state index contributed by atoms with van der Waals surface area (Å²) < 4.78 is 13.0. The van der Waals surface area contributed by atoms with Crippen LogP contribution < -0.4 is 4.74 Å². The van der Waals surface area contributed by atoms with Crippen LogP contribution in [0.5, 0.6) is 5.75 Å². The van der Waals surface area contributed by atoms with Gasteiger partial charge in [0.15, 0.2) is 5.60 Å². The van der Waals surface area contributed by atoms with Crippen molar-refractivity contribution < 1.29 is 14.4 Å². The normalized spacial score (nSPS) is 16.7. The van der Waals surface area contributed by atoms with Crippen LogP contribution in [0.2, 0.25) is 0 Å². The first-order valence-corrected chi connectivity index (χ1v) is 9.98. The third-order valence-corrected chi connectivity index (χ3v) is 5.50. The Morgan fingerprint density at radius 3 is 2.00 bits per heavy atom. The zero-order chi connectivity index (χ0) is 21.3. The smallest absolute Gasteiger partial charge is 0.269 e. The van der Waals surface area contributed by atoms with Gasteiger partial charge in [-0.3, -0.25) is 10.1 Å². The van der Waals surface area contributed by atoms with Gasteiger partial charge >= 0.3 is 0 Å². The molecule has 0 saturated heterocycles. The summed E-state index contributed by atoms with van der Waals surface area (Å²) in [4.78, 5) is 10.9. The molecule has 1 aliphatic rings. The van der Waals surface area contributed by atoms with Gasteiger partial charge in [0.25, 0.3) is 5.69 Å². The van der Waals surface area contributed by atoms with Gasteiger partial charge in [0.2, 0.25) is 6.29 Å². The summed E-state index contributed by atoms with van der Waals surface area (Å²) in [5, 5.41) is 11.3. The van der Waals surface area contributed by atoms with Crippen molar-refractivity contribution in [2.75, 3.05) is 0 Å². The van der Waals surface area contributed by atoms with E-state index in [4.69, 9.17) is 9.47 Å². The van der Waals surface area contributed by atoms with Crippen LogP contribution in [-0.4, -0.2) is 4.92 Å². The van der Waals surface area contributed by atoms with Gasteiger partial charge in [-0.2, -0.15) is 0 Å². The van der Waals surface area contributed by atoms with E-state index < -0.39 is 16.8 Å². The van der Waals surface area contributed by atoms with E-state index in [2.05, 4.69) is 0 Å². The Hall–Kier alpha value is -3.96. The van der Waals surface area contributed by atoms with E-state index >= 15 is 0 Å². The van der Waals surface area contributed by atoms with Crippen molar-refractivity contribution in [3.8, 4) is 5.75 Å². The van der Waals surface area contributed by atoms with E-state index in [0.29, 0.717) is 11.3 Å². The third kappa shape index (κ3) is 3.25. The summed E-state index contributed by atoms with van der Waals surface area (Å²) in [7, 11) is 0. The SMILES string of the molecule is O=[N+]([O-])c1cccc([C@H]2Oc3ccccc3C(c3ccccc3)(c3ccccc3)O2)c1. The molecule has 0 N–H and O–H groups in total. The number of non-ortho nitro benzene ring substituents is 1. The van der Waals surface area contributed by atoms with Crippen LogP contribution in [0.25, 0.3) is 0 Å². The molecular formula is C26H19NO4. The highest BCUT2D eigenvalue weighted by molar-refractivity contribution is 5.54. The number of hydrogen-bond acceptors (Lipinski definition) is 4. The Labute approximate surface area is 179 Å². The number of rotatable bonds is 4. The Balaban J connectivity index is 1.75. The van der Waals surface area contributed by atoms with Gasteiger partial charge in [-0.15, -0.1) is 0 Å². The van der Waals surface area contributed by atoms with Crippen molar-refractivity contribution in [3.63, 3.8) is 0 Å². The number of para-hydroxylation sites is 1. The van der Waals surface area contributed by atoms with Gasteiger partial charge in [0.1, 0.15) is 5.75 Å². The quantitative estimate of drug-likeness (QED) is 0.307. The molecule has 0 saturated carbocycles. The van der Waals surface area contributed by atoms with E-state index in [-0.39, 0.29) is 5.69 Å². The Bertz CT molecular complexity index is 1180. The van der Waals surface area contributed by atoms with Gasteiger partial charge in [-0.05, 0) is 17.2 Å². The highest BCUT2D eigenvalue weighted by atomic mass is 16.7. The molecule has 5 heteroatoms. The number of ether oxygens (including phenoxy) is 2. The summed E-state index contributed by atoms with van der Waals surface area (Å²) >= 11 is 0. The predicted molar refractivity (Wildman–Crippen MR) is 117 cm³/mol. The van der Waals surface area contributed by atoms with Crippen LogP contribution in [0.4, 0.5) is 5.69 Å². The standard InChI is InChI=1S/C26H19NO4/c28-27(29)22-15-9-10-19(18-22)25-30-24-17-8-7-16-23(24)26(31-25,20-11-3-1-4-12-20)21-13-5-2-6-14-21/h1-18,25H/t25-/m0/s1. The number of nitrogens with zero attached hydrogens (tertiary/aromatic N) is 1. The monoisotopic (exact) mass is 409 g/mol. The molecule has 0 fully saturated rings. The topological polar surface area (TPSA) is 61.6 Å². The molecule has 4 aromatic rings. The van der Waals surface area contributed by atoms with Crippen LogP contribution in [0.15, 0.2) is 109 Å². The number of nitro benzene ring substituents is 1. The lowest BCUT2D eigenvalue weighted by Crippen LogP contribution is -2.39. The minimum Gasteiger partial charge on any atom is -0.460 e. The number of fused-ring (bicyclic) bond motifs is 1. The third-order valence-electron chi connectivity index (χ3n) is 5.50. The molecule has 0 radical (unpaired) electrons. The van der Waals surface area contributed by atoms with Crippen molar-refractivity contribution >= 4 is 5.69 Å². The summed E-state index contributed by atoms with van der Waals surface area (Å²) in [6.45, 7) is 0. The van der Waals surface area contributed by atoms with Crippen molar-refractivity contribution in [2.45, 2.75) is 11.9 Å². The fourth-order valence-corrected chi connectivity index (χ4v) is 4.10. The lowest BCUT2D eigenvalue weighted by atomic mass is 9.79. The Kier molecular flexibility index (Phi) is 4.73. The number of benzene rings is 4. The summed E-state index contributed by atoms with van der Waals surface area (Å²) in [6.07, 6.45) is -0.824. The van der Waals surface area contributed by atoms with Crippen LogP contribution >= 0.6 is 0 Å². The maximum Gasteiger partial charge on any atom is 0.269 e. The largest absolute Gasteiger partial charge is 0.460 e. The van der Waals surface area contributed by atoms with Gasteiger partial charge in [0.05, 0.1) is 4.92 Å². The molecule has 0 aromatic heterocycles. The van der Waals surface area contributed by atoms with Gasteiger partial charge < -0.3 is 9.47 Å². The molecule has 4 aromatic carbocycles. The number of hydrogen-bond donors (Lipinski definition) is 0. The van der Waals surface area contributed by atoms with Crippen LogP contribution in [-0.2, 0) is 10.3 Å². The Morgan fingerprint density at radius 2 is 1.35 bits per heavy atom. The highest BCUT2D eigenvalue weighted by Gasteiger charge is 2.46. The van der Waals surface area contributed by atoms with Crippen LogP contribution in [0.1, 0.15) is 28.5 Å². The lowest BCUT2D eigenvalue weighted by Gasteiger charge is -2.43. The van der Waals surface area contributed by atoms with E-state index in [9.17, 15) is 10.1 Å². The van der Waals surface area contributed by atoms with Gasteiger partial charge in [-0.25, -0.2) is 0 Å². The number of nitro groups is 1. The first-order valence-electron chi connectivity index (χ1n) is 9.98. The molecule has 5 nitrogen and oxygen atoms in total. The van der Waals surface area contributed by atoms with E-state index in [1.807, 2.05) is 84.9 Å².